The molecule has 0 saturated carbocycles. The monoisotopic (exact) mass is 284 g/mol. The summed E-state index contributed by atoms with van der Waals surface area (Å²) in [6.45, 7) is 2.90. The number of unbranched alkanes of at least 4 members (excludes halogenated alkanes) is 2. The number of aromatic nitrogens is 1. The van der Waals surface area contributed by atoms with E-state index < -0.39 is 0 Å². The van der Waals surface area contributed by atoms with Gasteiger partial charge >= 0.3 is 0 Å². The van der Waals surface area contributed by atoms with Crippen LogP contribution in [0.3, 0.4) is 0 Å². The molecule has 0 radical (unpaired) electrons. The van der Waals surface area contributed by atoms with Crippen LogP contribution in [0.15, 0.2) is 48.8 Å². The van der Waals surface area contributed by atoms with Crippen LogP contribution in [0.4, 0.5) is 5.69 Å². The molecule has 0 spiro atoms. The molecule has 1 aromatic carbocycles. The lowest BCUT2D eigenvalue weighted by molar-refractivity contribution is 0.102. The van der Waals surface area contributed by atoms with E-state index in [0.717, 1.165) is 24.5 Å². The standard InChI is InChI=1S/C17H20N2O2/c1-2-3-4-12-21-16-9-7-15(8-10-16)19-17(20)14-6-5-11-18-13-14/h5-11,13H,2-4,12H2,1H3,(H,19,20). The zero-order chi connectivity index (χ0) is 14.9. The molecule has 1 aromatic heterocycles. The number of amides is 1. The SMILES string of the molecule is CCCCCOc1ccc(NC(=O)c2cccnc2)cc1. The van der Waals surface area contributed by atoms with Gasteiger partial charge in [-0.3, -0.25) is 9.78 Å². The zero-order valence-corrected chi connectivity index (χ0v) is 12.2. The Morgan fingerprint density at radius 3 is 2.67 bits per heavy atom. The van der Waals surface area contributed by atoms with Gasteiger partial charge < -0.3 is 10.1 Å². The lowest BCUT2D eigenvalue weighted by atomic mass is 10.2. The second kappa shape index (κ2) is 8.04. The predicted octanol–water partition coefficient (Wildman–Crippen LogP) is 3.90. The number of pyridine rings is 1. The highest BCUT2D eigenvalue weighted by atomic mass is 16.5. The van der Waals surface area contributed by atoms with Crippen molar-refractivity contribution in [2.75, 3.05) is 11.9 Å². The maximum absolute atomic E-state index is 12.0. The first-order valence-corrected chi connectivity index (χ1v) is 7.24. The minimum atomic E-state index is -0.167. The van der Waals surface area contributed by atoms with Gasteiger partial charge in [-0.25, -0.2) is 0 Å². The third-order valence-corrected chi connectivity index (χ3v) is 3.05. The second-order valence-electron chi connectivity index (χ2n) is 4.78. The smallest absolute Gasteiger partial charge is 0.257 e. The van der Waals surface area contributed by atoms with Crippen molar-refractivity contribution >= 4 is 11.6 Å². The van der Waals surface area contributed by atoms with E-state index >= 15 is 0 Å². The van der Waals surface area contributed by atoms with Gasteiger partial charge in [0.1, 0.15) is 5.75 Å². The van der Waals surface area contributed by atoms with Crippen LogP contribution in [0, 0.1) is 0 Å². The highest BCUT2D eigenvalue weighted by molar-refractivity contribution is 6.04. The molecule has 0 fully saturated rings. The topological polar surface area (TPSA) is 51.2 Å². The van der Waals surface area contributed by atoms with Crippen molar-refractivity contribution in [1.82, 2.24) is 4.98 Å². The van der Waals surface area contributed by atoms with E-state index in [1.54, 1.807) is 24.5 Å². The number of anilines is 1. The van der Waals surface area contributed by atoms with Crippen LogP contribution in [0.2, 0.25) is 0 Å². The van der Waals surface area contributed by atoms with Crippen LogP contribution in [-0.4, -0.2) is 17.5 Å². The van der Waals surface area contributed by atoms with Crippen LogP contribution >= 0.6 is 0 Å². The van der Waals surface area contributed by atoms with E-state index in [9.17, 15) is 4.79 Å². The molecule has 2 aromatic rings. The average molecular weight is 284 g/mol. The summed E-state index contributed by atoms with van der Waals surface area (Å²) >= 11 is 0. The minimum absolute atomic E-state index is 0.167. The van der Waals surface area contributed by atoms with E-state index in [-0.39, 0.29) is 5.91 Å². The van der Waals surface area contributed by atoms with Gasteiger partial charge in [0.2, 0.25) is 0 Å². The fourth-order valence-electron chi connectivity index (χ4n) is 1.88. The number of nitrogens with one attached hydrogen (secondary N) is 1. The van der Waals surface area contributed by atoms with Crippen molar-refractivity contribution in [1.29, 1.82) is 0 Å². The Bertz CT molecular complexity index is 553. The second-order valence-corrected chi connectivity index (χ2v) is 4.78. The quantitative estimate of drug-likeness (QED) is 0.784. The Morgan fingerprint density at radius 1 is 1.19 bits per heavy atom. The van der Waals surface area contributed by atoms with Crippen LogP contribution < -0.4 is 10.1 Å². The van der Waals surface area contributed by atoms with Crippen molar-refractivity contribution in [2.45, 2.75) is 26.2 Å². The number of carbonyl (C=O) groups is 1. The molecule has 0 aliphatic heterocycles. The summed E-state index contributed by atoms with van der Waals surface area (Å²) in [4.78, 5) is 15.9. The maximum Gasteiger partial charge on any atom is 0.257 e. The van der Waals surface area contributed by atoms with E-state index in [0.29, 0.717) is 5.56 Å². The summed E-state index contributed by atoms with van der Waals surface area (Å²) in [6.07, 6.45) is 6.61. The Labute approximate surface area is 125 Å². The van der Waals surface area contributed by atoms with Crippen LogP contribution in [-0.2, 0) is 0 Å². The number of nitrogens with zero attached hydrogens (tertiary/aromatic N) is 1. The van der Waals surface area contributed by atoms with Gasteiger partial charge in [-0.15, -0.1) is 0 Å². The number of benzene rings is 1. The Morgan fingerprint density at radius 2 is 2.00 bits per heavy atom. The molecule has 21 heavy (non-hydrogen) atoms. The summed E-state index contributed by atoms with van der Waals surface area (Å²) in [5.74, 6) is 0.658. The van der Waals surface area contributed by atoms with Gasteiger partial charge in [0.05, 0.1) is 12.2 Å². The van der Waals surface area contributed by atoms with E-state index in [1.165, 1.54) is 12.8 Å². The fraction of sp³-hybridized carbons (Fsp3) is 0.294. The van der Waals surface area contributed by atoms with Crippen molar-refractivity contribution < 1.29 is 9.53 Å². The van der Waals surface area contributed by atoms with Crippen LogP contribution in [0.25, 0.3) is 0 Å². The average Bonchev–Trinajstić information content (AvgIpc) is 2.54. The summed E-state index contributed by atoms with van der Waals surface area (Å²) in [7, 11) is 0. The molecule has 1 N–H and O–H groups in total. The first-order valence-electron chi connectivity index (χ1n) is 7.24. The summed E-state index contributed by atoms with van der Waals surface area (Å²) in [6, 6.07) is 10.9. The summed E-state index contributed by atoms with van der Waals surface area (Å²) in [5, 5.41) is 2.83. The maximum atomic E-state index is 12.0. The van der Waals surface area contributed by atoms with Crippen molar-refractivity contribution in [3.05, 3.63) is 54.4 Å². The molecular weight excluding hydrogens is 264 g/mol. The molecule has 0 unspecified atom stereocenters. The molecule has 2 rings (SSSR count). The third kappa shape index (κ3) is 4.91. The van der Waals surface area contributed by atoms with E-state index in [2.05, 4.69) is 17.2 Å². The molecular formula is C17H20N2O2. The molecule has 1 heterocycles. The van der Waals surface area contributed by atoms with Crippen LogP contribution in [0.1, 0.15) is 36.5 Å². The first-order chi connectivity index (χ1) is 10.3. The Kier molecular flexibility index (Phi) is 5.76. The number of hydrogen-bond donors (Lipinski definition) is 1. The van der Waals surface area contributed by atoms with Gasteiger partial charge in [0, 0.05) is 18.1 Å². The number of carbonyl (C=O) groups excluding carboxylic acids is 1. The molecule has 110 valence electrons. The number of hydrogen-bond acceptors (Lipinski definition) is 3. The largest absolute Gasteiger partial charge is 0.494 e. The highest BCUT2D eigenvalue weighted by Crippen LogP contribution is 2.16. The minimum Gasteiger partial charge on any atom is -0.494 e. The van der Waals surface area contributed by atoms with Gasteiger partial charge in [-0.1, -0.05) is 19.8 Å². The van der Waals surface area contributed by atoms with Gasteiger partial charge in [-0.05, 0) is 42.8 Å². The Balaban J connectivity index is 1.86. The molecule has 1 amide bonds. The molecule has 0 aliphatic rings. The van der Waals surface area contributed by atoms with Crippen molar-refractivity contribution in [3.8, 4) is 5.75 Å². The van der Waals surface area contributed by atoms with Gasteiger partial charge in [0.25, 0.3) is 5.91 Å². The summed E-state index contributed by atoms with van der Waals surface area (Å²) < 4.78 is 5.63. The molecule has 0 bridgehead atoms. The highest BCUT2D eigenvalue weighted by Gasteiger charge is 2.05. The summed E-state index contributed by atoms with van der Waals surface area (Å²) in [5.41, 5.74) is 1.28. The zero-order valence-electron chi connectivity index (χ0n) is 12.2. The lowest BCUT2D eigenvalue weighted by Crippen LogP contribution is -2.11. The molecule has 4 nitrogen and oxygen atoms in total. The molecule has 0 aliphatic carbocycles. The molecule has 0 atom stereocenters. The van der Waals surface area contributed by atoms with Gasteiger partial charge in [0.15, 0.2) is 0 Å². The number of ether oxygens (including phenoxy) is 1. The fourth-order valence-corrected chi connectivity index (χ4v) is 1.88. The molecule has 4 heteroatoms. The van der Waals surface area contributed by atoms with E-state index in [1.807, 2.05) is 24.3 Å². The first kappa shape index (κ1) is 15.0. The Hall–Kier alpha value is -2.36. The predicted molar refractivity (Wildman–Crippen MR) is 83.7 cm³/mol. The molecule has 0 saturated heterocycles. The van der Waals surface area contributed by atoms with Crippen LogP contribution in [0.5, 0.6) is 5.75 Å². The normalized spacial score (nSPS) is 10.1. The van der Waals surface area contributed by atoms with E-state index in [4.69, 9.17) is 4.74 Å². The number of rotatable bonds is 7. The van der Waals surface area contributed by atoms with Crippen molar-refractivity contribution in [3.63, 3.8) is 0 Å². The van der Waals surface area contributed by atoms with Gasteiger partial charge in [-0.2, -0.15) is 0 Å². The third-order valence-electron chi connectivity index (χ3n) is 3.05. The lowest BCUT2D eigenvalue weighted by Gasteiger charge is -2.08. The van der Waals surface area contributed by atoms with Crippen molar-refractivity contribution in [2.24, 2.45) is 0 Å².